The number of anilines is 1. The van der Waals surface area contributed by atoms with Crippen LogP contribution in [0.2, 0.25) is 0 Å². The highest BCUT2D eigenvalue weighted by Crippen LogP contribution is 2.32. The molecule has 4 nitrogen and oxygen atoms in total. The molecule has 2 rings (SSSR count). The van der Waals surface area contributed by atoms with Crippen LogP contribution in [-0.2, 0) is 26.7 Å². The molecule has 0 bridgehead atoms. The third-order valence-electron chi connectivity index (χ3n) is 2.75. The molecule has 8 heteroatoms. The molecule has 1 saturated heterocycles. The number of rotatable bonds is 3. The Kier molecular flexibility index (Phi) is 3.94. The van der Waals surface area contributed by atoms with Gasteiger partial charge in [-0.3, -0.25) is 9.69 Å². The number of benzene rings is 1. The molecule has 1 N–H and O–H groups in total. The van der Waals surface area contributed by atoms with Gasteiger partial charge in [0.05, 0.1) is 5.56 Å². The Hall–Kier alpha value is -1.70. The summed E-state index contributed by atoms with van der Waals surface area (Å²) in [5.41, 5.74) is -0.668. The molecule has 1 unspecified atom stereocenters. The van der Waals surface area contributed by atoms with E-state index in [-0.39, 0.29) is 29.0 Å². The van der Waals surface area contributed by atoms with Crippen molar-refractivity contribution in [3.63, 3.8) is 0 Å². The molecule has 108 valence electrons. The lowest BCUT2D eigenvalue weighted by Gasteiger charge is -2.14. The summed E-state index contributed by atoms with van der Waals surface area (Å²) in [5, 5.41) is 8.70. The van der Waals surface area contributed by atoms with E-state index in [0.29, 0.717) is 0 Å². The summed E-state index contributed by atoms with van der Waals surface area (Å²) in [4.78, 5) is 23.6. The zero-order valence-corrected chi connectivity index (χ0v) is 11.0. The smallest absolute Gasteiger partial charge is 0.416 e. The minimum Gasteiger partial charge on any atom is -0.478 e. The second-order valence-electron chi connectivity index (χ2n) is 4.29. The Bertz CT molecular complexity index is 547. The van der Waals surface area contributed by atoms with Gasteiger partial charge in [-0.05, 0) is 18.2 Å². The molecule has 1 aromatic carbocycles. The molecule has 0 spiro atoms. The number of nitrogens with zero attached hydrogens (tertiary/aromatic N) is 1. The van der Waals surface area contributed by atoms with E-state index in [1.54, 1.807) is 0 Å². The Labute approximate surface area is 115 Å². The predicted molar refractivity (Wildman–Crippen MR) is 68.5 cm³/mol. The first kappa shape index (κ1) is 14.7. The number of hydrogen-bond acceptors (Lipinski definition) is 2. The van der Waals surface area contributed by atoms with Crippen molar-refractivity contribution in [1.29, 1.82) is 0 Å². The Morgan fingerprint density at radius 3 is 2.70 bits per heavy atom. The molecule has 1 aliphatic rings. The van der Waals surface area contributed by atoms with Crippen molar-refractivity contribution in [3.05, 3.63) is 29.8 Å². The molecule has 1 fully saturated rings. The summed E-state index contributed by atoms with van der Waals surface area (Å²) in [7, 11) is -0.650. The highest BCUT2D eigenvalue weighted by atomic mass is 32.2. The number of halogens is 3. The van der Waals surface area contributed by atoms with E-state index in [1.807, 2.05) is 0 Å². The molecule has 1 amide bonds. The first-order chi connectivity index (χ1) is 9.27. The summed E-state index contributed by atoms with van der Waals surface area (Å²) < 4.78 is 37.9. The van der Waals surface area contributed by atoms with Crippen LogP contribution in [0.4, 0.5) is 18.9 Å². The average Bonchev–Trinajstić information content (AvgIpc) is 2.68. The van der Waals surface area contributed by atoms with Crippen LogP contribution >= 0.6 is 0 Å². The minimum absolute atomic E-state index is 0.0720. The lowest BCUT2D eigenvalue weighted by atomic mass is 10.2. The number of aliphatic carboxylic acids is 1. The molecule has 0 aromatic heterocycles. The third kappa shape index (κ3) is 3.24. The van der Waals surface area contributed by atoms with Crippen LogP contribution in [0, 0.1) is 0 Å². The number of amides is 1. The van der Waals surface area contributed by atoms with Crippen LogP contribution in [0.5, 0.6) is 0 Å². The van der Waals surface area contributed by atoms with Gasteiger partial charge >= 0.3 is 12.1 Å². The highest BCUT2D eigenvalue weighted by molar-refractivity contribution is 7.98. The second kappa shape index (κ2) is 5.35. The summed E-state index contributed by atoms with van der Waals surface area (Å²) in [5.74, 6) is -1.25. The van der Waals surface area contributed by atoms with Crippen LogP contribution < -0.4 is 4.90 Å². The van der Waals surface area contributed by atoms with Gasteiger partial charge < -0.3 is 5.11 Å². The lowest BCUT2D eigenvalue weighted by Crippen LogP contribution is -2.26. The van der Waals surface area contributed by atoms with Gasteiger partial charge in [0.25, 0.3) is 5.91 Å². The van der Waals surface area contributed by atoms with Crippen molar-refractivity contribution in [2.75, 3.05) is 22.3 Å². The van der Waals surface area contributed by atoms with Crippen LogP contribution in [0.1, 0.15) is 5.56 Å². The normalized spacial score (nSPS) is 19.4. The van der Waals surface area contributed by atoms with Crippen molar-refractivity contribution < 1.29 is 27.9 Å². The van der Waals surface area contributed by atoms with Gasteiger partial charge in [-0.1, -0.05) is 6.07 Å². The fourth-order valence-electron chi connectivity index (χ4n) is 1.89. The largest absolute Gasteiger partial charge is 0.478 e. The van der Waals surface area contributed by atoms with Gasteiger partial charge in [-0.2, -0.15) is 13.2 Å². The fraction of sp³-hybridized carbons (Fsp3) is 0.333. The number of carboxylic acid groups (broad SMARTS) is 1. The summed E-state index contributed by atoms with van der Waals surface area (Å²) in [6.45, 7) is 0. The maximum Gasteiger partial charge on any atom is 0.416 e. The topological polar surface area (TPSA) is 57.6 Å². The van der Waals surface area contributed by atoms with Crippen LogP contribution in [0.25, 0.3) is 0 Å². The van der Waals surface area contributed by atoms with Gasteiger partial charge in [-0.25, -0.2) is 4.79 Å². The van der Waals surface area contributed by atoms with Gasteiger partial charge in [0.15, 0.2) is 11.6 Å². The van der Waals surface area contributed by atoms with E-state index in [0.717, 1.165) is 12.1 Å². The predicted octanol–water partition coefficient (Wildman–Crippen LogP) is 1.71. The number of hydrogen-bond donors (Lipinski definition) is 1. The highest BCUT2D eigenvalue weighted by Gasteiger charge is 2.40. The van der Waals surface area contributed by atoms with Crippen molar-refractivity contribution in [1.82, 2.24) is 0 Å². The maximum atomic E-state index is 12.6. The molecule has 1 aliphatic heterocycles. The molecule has 1 heterocycles. The Balaban J connectivity index is 2.20. The molecule has 0 aliphatic carbocycles. The van der Waals surface area contributed by atoms with Gasteiger partial charge in [0.2, 0.25) is 5.75 Å². The van der Waals surface area contributed by atoms with Crippen molar-refractivity contribution in [3.8, 4) is 0 Å². The van der Waals surface area contributed by atoms with Crippen molar-refractivity contribution >= 4 is 28.5 Å². The molecule has 0 saturated carbocycles. The molecular formula is C12H11F3NO3S+. The maximum absolute atomic E-state index is 12.6. The van der Waals surface area contributed by atoms with Gasteiger partial charge in [-0.15, -0.1) is 0 Å². The van der Waals surface area contributed by atoms with E-state index in [9.17, 15) is 22.8 Å². The number of alkyl halides is 3. The van der Waals surface area contributed by atoms with Crippen LogP contribution in [0.3, 0.4) is 0 Å². The van der Waals surface area contributed by atoms with Crippen molar-refractivity contribution in [2.45, 2.75) is 6.18 Å². The Morgan fingerprint density at radius 2 is 2.10 bits per heavy atom. The standard InChI is InChI=1S/C12H10F3NO3S/c13-12(14,15)8-2-1-3-9(4-8)16-7-20(5-10(16)17)6-11(18)19/h1-4H,5-7H2/p+1. The van der Waals surface area contributed by atoms with E-state index in [4.69, 9.17) is 5.11 Å². The lowest BCUT2D eigenvalue weighted by molar-refractivity contribution is -0.137. The first-order valence-electron chi connectivity index (χ1n) is 5.61. The zero-order valence-electron chi connectivity index (χ0n) is 10.2. The van der Waals surface area contributed by atoms with E-state index >= 15 is 0 Å². The monoisotopic (exact) mass is 306 g/mol. The van der Waals surface area contributed by atoms with Gasteiger partial charge in [0.1, 0.15) is 0 Å². The average molecular weight is 306 g/mol. The number of carbonyl (C=O) groups is 2. The zero-order chi connectivity index (χ0) is 14.9. The quantitative estimate of drug-likeness (QED) is 0.865. The number of carboxylic acids is 1. The second-order valence-corrected chi connectivity index (χ2v) is 6.35. The molecule has 1 aromatic rings. The van der Waals surface area contributed by atoms with Crippen LogP contribution in [0.15, 0.2) is 24.3 Å². The first-order valence-corrected chi connectivity index (χ1v) is 7.34. The minimum atomic E-state index is -4.47. The van der Waals surface area contributed by atoms with E-state index < -0.39 is 28.6 Å². The van der Waals surface area contributed by atoms with E-state index in [1.165, 1.54) is 17.0 Å². The van der Waals surface area contributed by atoms with E-state index in [2.05, 4.69) is 0 Å². The summed E-state index contributed by atoms with van der Waals surface area (Å²) in [6.07, 6.45) is -4.47. The number of carbonyl (C=O) groups excluding carboxylic acids is 1. The molecule has 1 atom stereocenters. The third-order valence-corrected chi connectivity index (χ3v) is 4.69. The van der Waals surface area contributed by atoms with Gasteiger partial charge in [0, 0.05) is 16.6 Å². The summed E-state index contributed by atoms with van der Waals surface area (Å²) in [6, 6.07) is 4.49. The molecular weight excluding hydrogens is 295 g/mol. The fourth-order valence-corrected chi connectivity index (χ4v) is 3.69. The van der Waals surface area contributed by atoms with Crippen molar-refractivity contribution in [2.24, 2.45) is 0 Å². The molecule has 20 heavy (non-hydrogen) atoms. The molecule has 0 radical (unpaired) electrons. The SMILES string of the molecule is O=C(O)C[S+]1CC(=O)N(c2cccc(C(F)(F)F)c2)C1. The Morgan fingerprint density at radius 1 is 1.40 bits per heavy atom. The summed E-state index contributed by atoms with van der Waals surface area (Å²) >= 11 is 0. The van der Waals surface area contributed by atoms with Crippen LogP contribution in [-0.4, -0.2) is 34.4 Å².